The number of likely N-dealkylation sites (N-methyl/N-ethyl adjacent to an activating group) is 1. The third-order valence-electron chi connectivity index (χ3n) is 5.04. The Bertz CT molecular complexity index is 921. The first kappa shape index (κ1) is 17.4. The van der Waals surface area contributed by atoms with Crippen molar-refractivity contribution in [3.63, 3.8) is 0 Å². The van der Waals surface area contributed by atoms with Crippen LogP contribution in [0, 0.1) is 0 Å². The molecule has 3 aromatic rings. The Kier molecular flexibility index (Phi) is 4.90. The van der Waals surface area contributed by atoms with Crippen molar-refractivity contribution in [1.29, 1.82) is 0 Å². The van der Waals surface area contributed by atoms with Crippen LogP contribution in [0.2, 0.25) is 5.02 Å². The van der Waals surface area contributed by atoms with E-state index in [1.807, 2.05) is 12.1 Å². The maximum absolute atomic E-state index is 6.45. The summed E-state index contributed by atoms with van der Waals surface area (Å²) in [7, 11) is 3.76. The van der Waals surface area contributed by atoms with Crippen molar-refractivity contribution >= 4 is 22.6 Å². The molecule has 0 saturated carbocycles. The molecule has 0 saturated heterocycles. The summed E-state index contributed by atoms with van der Waals surface area (Å²) in [4.78, 5) is 2.36. The normalized spacial score (nSPS) is 17.9. The van der Waals surface area contributed by atoms with Crippen LogP contribution in [-0.2, 0) is 11.2 Å². The van der Waals surface area contributed by atoms with E-state index < -0.39 is 0 Å². The predicted molar refractivity (Wildman–Crippen MR) is 103 cm³/mol. The molecule has 0 spiro atoms. The van der Waals surface area contributed by atoms with Gasteiger partial charge in [0.1, 0.15) is 11.3 Å². The van der Waals surface area contributed by atoms with E-state index in [9.17, 15) is 0 Å². The van der Waals surface area contributed by atoms with Crippen LogP contribution in [0.4, 0.5) is 0 Å². The molecule has 1 unspecified atom stereocenters. The molecule has 1 atom stereocenters. The number of hydrogen-bond acceptors (Lipinski definition) is 4. The van der Waals surface area contributed by atoms with Gasteiger partial charge in [0.05, 0.1) is 11.3 Å². The summed E-state index contributed by atoms with van der Waals surface area (Å²) < 4.78 is 16.5. The van der Waals surface area contributed by atoms with Gasteiger partial charge in [0, 0.05) is 37.1 Å². The maximum Gasteiger partial charge on any atom is 0.188 e. The van der Waals surface area contributed by atoms with E-state index in [-0.39, 0.29) is 12.7 Å². The fourth-order valence-electron chi connectivity index (χ4n) is 3.75. The Morgan fingerprint density at radius 2 is 2.12 bits per heavy atom. The maximum atomic E-state index is 6.45. The van der Waals surface area contributed by atoms with Crippen LogP contribution < -0.4 is 4.74 Å². The number of benzene rings is 2. The zero-order chi connectivity index (χ0) is 18.1. The Hall–Kier alpha value is -2.01. The van der Waals surface area contributed by atoms with Crippen molar-refractivity contribution in [2.45, 2.75) is 12.3 Å². The molecule has 0 radical (unpaired) electrons. The first-order valence-electron chi connectivity index (χ1n) is 8.76. The minimum Gasteiger partial charge on any atom is -0.466 e. The summed E-state index contributed by atoms with van der Waals surface area (Å²) in [6.07, 6.45) is 2.71. The van der Waals surface area contributed by atoms with Crippen LogP contribution in [0.3, 0.4) is 0 Å². The summed E-state index contributed by atoms with van der Waals surface area (Å²) in [6, 6.07) is 12.5. The van der Waals surface area contributed by atoms with Crippen LogP contribution >= 0.6 is 11.6 Å². The number of furan rings is 1. The lowest BCUT2D eigenvalue weighted by Gasteiger charge is -2.23. The van der Waals surface area contributed by atoms with E-state index in [1.165, 1.54) is 16.7 Å². The smallest absolute Gasteiger partial charge is 0.188 e. The molecule has 0 N–H and O–H groups in total. The van der Waals surface area contributed by atoms with Gasteiger partial charge in [-0.05, 0) is 42.8 Å². The fraction of sp³-hybridized carbons (Fsp3) is 0.333. The highest BCUT2D eigenvalue weighted by Gasteiger charge is 2.26. The van der Waals surface area contributed by atoms with Crippen LogP contribution in [0.15, 0.2) is 47.1 Å². The van der Waals surface area contributed by atoms with E-state index in [4.69, 9.17) is 25.5 Å². The van der Waals surface area contributed by atoms with Crippen LogP contribution in [0.5, 0.6) is 5.75 Å². The number of para-hydroxylation sites is 1. The number of hydrogen-bond donors (Lipinski definition) is 0. The van der Waals surface area contributed by atoms with Gasteiger partial charge in [-0.3, -0.25) is 0 Å². The minimum absolute atomic E-state index is 0.177. The highest BCUT2D eigenvalue weighted by molar-refractivity contribution is 6.32. The van der Waals surface area contributed by atoms with Gasteiger partial charge < -0.3 is 18.8 Å². The summed E-state index contributed by atoms with van der Waals surface area (Å²) in [5.41, 5.74) is 4.65. The van der Waals surface area contributed by atoms with E-state index in [0.29, 0.717) is 10.8 Å². The molecule has 4 rings (SSSR count). The quantitative estimate of drug-likeness (QED) is 0.623. The van der Waals surface area contributed by atoms with Crippen LogP contribution in [0.1, 0.15) is 22.6 Å². The number of ether oxygens (including phenoxy) is 2. The predicted octanol–water partition coefficient (Wildman–Crippen LogP) is 4.69. The van der Waals surface area contributed by atoms with Crippen molar-refractivity contribution in [3.05, 3.63) is 64.4 Å². The van der Waals surface area contributed by atoms with Gasteiger partial charge >= 0.3 is 0 Å². The second-order valence-electron chi connectivity index (χ2n) is 6.78. The van der Waals surface area contributed by atoms with Gasteiger partial charge in [-0.15, -0.1) is 0 Å². The van der Waals surface area contributed by atoms with Crippen molar-refractivity contribution in [2.75, 3.05) is 34.0 Å². The molecule has 0 aliphatic carbocycles. The zero-order valence-corrected chi connectivity index (χ0v) is 15.8. The number of halogens is 1. The molecule has 2 heterocycles. The monoisotopic (exact) mass is 371 g/mol. The van der Waals surface area contributed by atoms with Gasteiger partial charge in [0.15, 0.2) is 6.79 Å². The SMILES string of the molecule is COCOc1cc2c(cc1Cl)CCN(C)CC2c1cccc2ccoc12. The average molecular weight is 372 g/mol. The highest BCUT2D eigenvalue weighted by atomic mass is 35.5. The van der Waals surface area contributed by atoms with E-state index >= 15 is 0 Å². The summed E-state index contributed by atoms with van der Waals surface area (Å²) >= 11 is 6.45. The lowest BCUT2D eigenvalue weighted by Crippen LogP contribution is -2.24. The fourth-order valence-corrected chi connectivity index (χ4v) is 3.99. The third kappa shape index (κ3) is 3.20. The van der Waals surface area contributed by atoms with E-state index in [1.54, 1.807) is 13.4 Å². The van der Waals surface area contributed by atoms with Gasteiger partial charge in [-0.2, -0.15) is 0 Å². The molecule has 1 aliphatic rings. The molecule has 5 heteroatoms. The molecule has 0 bridgehead atoms. The van der Waals surface area contributed by atoms with Crippen molar-refractivity contribution in [3.8, 4) is 5.75 Å². The molecule has 2 aromatic carbocycles. The van der Waals surface area contributed by atoms with Gasteiger partial charge in [0.25, 0.3) is 0 Å². The zero-order valence-electron chi connectivity index (χ0n) is 15.0. The summed E-state index contributed by atoms with van der Waals surface area (Å²) in [6.45, 7) is 2.08. The van der Waals surface area contributed by atoms with Crippen LogP contribution in [-0.4, -0.2) is 38.9 Å². The van der Waals surface area contributed by atoms with Crippen molar-refractivity contribution in [2.24, 2.45) is 0 Å². The van der Waals surface area contributed by atoms with E-state index in [2.05, 4.69) is 36.2 Å². The van der Waals surface area contributed by atoms with Crippen molar-refractivity contribution in [1.82, 2.24) is 4.90 Å². The number of methoxy groups -OCH3 is 1. The summed E-state index contributed by atoms with van der Waals surface area (Å²) in [5.74, 6) is 0.850. The lowest BCUT2D eigenvalue weighted by atomic mass is 9.87. The highest BCUT2D eigenvalue weighted by Crippen LogP contribution is 2.39. The van der Waals surface area contributed by atoms with Gasteiger partial charge in [-0.25, -0.2) is 0 Å². The lowest BCUT2D eigenvalue weighted by molar-refractivity contribution is 0.0511. The van der Waals surface area contributed by atoms with Gasteiger partial charge in [0.2, 0.25) is 0 Å². The molecule has 4 nitrogen and oxygen atoms in total. The first-order chi connectivity index (χ1) is 12.7. The molecule has 0 amide bonds. The van der Waals surface area contributed by atoms with Gasteiger partial charge in [-0.1, -0.05) is 29.8 Å². The number of rotatable bonds is 4. The Labute approximate surface area is 158 Å². The second-order valence-corrected chi connectivity index (χ2v) is 7.19. The Balaban J connectivity index is 1.86. The largest absolute Gasteiger partial charge is 0.466 e. The Morgan fingerprint density at radius 1 is 1.23 bits per heavy atom. The molecule has 136 valence electrons. The molecular weight excluding hydrogens is 350 g/mol. The molecule has 1 aromatic heterocycles. The first-order valence-corrected chi connectivity index (χ1v) is 9.14. The topological polar surface area (TPSA) is 34.8 Å². The standard InChI is InChI=1S/C21H22ClNO3/c1-23-8-6-15-10-19(22)20(26-13-24-2)11-17(15)18(12-23)16-5-3-4-14-7-9-25-21(14)16/h3-5,7,9-11,18H,6,8,12-13H2,1-2H3. The molecule has 26 heavy (non-hydrogen) atoms. The van der Waals surface area contributed by atoms with E-state index in [0.717, 1.165) is 30.5 Å². The molecule has 0 fully saturated rings. The third-order valence-corrected chi connectivity index (χ3v) is 5.34. The number of nitrogens with zero attached hydrogens (tertiary/aromatic N) is 1. The minimum atomic E-state index is 0.177. The number of fused-ring (bicyclic) bond motifs is 2. The van der Waals surface area contributed by atoms with Crippen molar-refractivity contribution < 1.29 is 13.9 Å². The second kappa shape index (κ2) is 7.31. The van der Waals surface area contributed by atoms with Crippen LogP contribution in [0.25, 0.3) is 11.0 Å². The Morgan fingerprint density at radius 3 is 2.96 bits per heavy atom. The average Bonchev–Trinajstić information content (AvgIpc) is 3.06. The summed E-state index contributed by atoms with van der Waals surface area (Å²) in [5, 5.41) is 1.75. The molecule has 1 aliphatic heterocycles. The molecular formula is C21H22ClNO3.